The Labute approximate surface area is 222 Å². The topological polar surface area (TPSA) is 51.8 Å². The van der Waals surface area contributed by atoms with Gasteiger partial charge in [-0.25, -0.2) is 0 Å². The third kappa shape index (κ3) is 5.04. The zero-order chi connectivity index (χ0) is 25.2. The lowest BCUT2D eigenvalue weighted by molar-refractivity contribution is -0.121. The summed E-state index contributed by atoms with van der Waals surface area (Å²) in [6.07, 6.45) is 3.94. The Balaban J connectivity index is 1.14. The summed E-state index contributed by atoms with van der Waals surface area (Å²) in [7, 11) is 0. The Hall–Kier alpha value is -3.48. The molecule has 1 unspecified atom stereocenters. The Morgan fingerprint density at radius 1 is 0.919 bits per heavy atom. The minimum atomic E-state index is -0.00938. The number of hydrogen-bond acceptors (Lipinski definition) is 4. The Bertz CT molecular complexity index is 1380. The third-order valence-electron chi connectivity index (χ3n) is 7.56. The minimum absolute atomic E-state index is 0.000908. The average Bonchev–Trinajstić information content (AvgIpc) is 3.42. The number of aryl methyl sites for hydroxylation is 1. The van der Waals surface area contributed by atoms with Gasteiger partial charge < -0.3 is 19.5 Å². The van der Waals surface area contributed by atoms with E-state index in [0.29, 0.717) is 10.8 Å². The van der Waals surface area contributed by atoms with Crippen molar-refractivity contribution in [2.75, 3.05) is 49.1 Å². The first-order valence-corrected chi connectivity index (χ1v) is 13.4. The first-order valence-electron chi connectivity index (χ1n) is 13.0. The van der Waals surface area contributed by atoms with Crippen LogP contribution in [0.4, 0.5) is 11.4 Å². The normalized spacial score (nSPS) is 18.1. The highest BCUT2D eigenvalue weighted by molar-refractivity contribution is 6.30. The number of piperazine rings is 1. The van der Waals surface area contributed by atoms with Crippen molar-refractivity contribution in [3.05, 3.63) is 89.6 Å². The molecule has 2 aliphatic rings. The summed E-state index contributed by atoms with van der Waals surface area (Å²) >= 11 is 5.99. The molecule has 2 aliphatic heterocycles. The van der Waals surface area contributed by atoms with Crippen LogP contribution in [0.25, 0.3) is 10.9 Å². The van der Waals surface area contributed by atoms with E-state index in [2.05, 4.69) is 57.2 Å². The van der Waals surface area contributed by atoms with Gasteiger partial charge in [-0.15, -0.1) is 0 Å². The standard InChI is InChI=1S/C30H31ClN4O2/c31-23-9-12-25(13-10-23)37-21-30(36)35-24(11-8-22-4-1-2-6-28(22)35)20-33-16-18-34(19-17-33)29-7-3-5-27-26(29)14-15-32-27/h1-7,9-10,12-15,24,32H,8,11,16-21H2. The van der Waals surface area contributed by atoms with Crippen LogP contribution >= 0.6 is 11.6 Å². The Kier molecular flexibility index (Phi) is 6.77. The summed E-state index contributed by atoms with van der Waals surface area (Å²) in [6, 6.07) is 24.1. The lowest BCUT2D eigenvalue weighted by Crippen LogP contribution is -2.54. The van der Waals surface area contributed by atoms with Gasteiger partial charge in [0.2, 0.25) is 0 Å². The van der Waals surface area contributed by atoms with Crippen molar-refractivity contribution >= 4 is 39.8 Å². The molecule has 3 heterocycles. The van der Waals surface area contributed by atoms with Gasteiger partial charge in [-0.2, -0.15) is 0 Å². The van der Waals surface area contributed by atoms with Gasteiger partial charge in [-0.1, -0.05) is 35.9 Å². The van der Waals surface area contributed by atoms with Crippen LogP contribution in [0.3, 0.4) is 0 Å². The van der Waals surface area contributed by atoms with Gasteiger partial charge in [0, 0.05) is 66.2 Å². The lowest BCUT2D eigenvalue weighted by atomic mass is 9.95. The maximum Gasteiger partial charge on any atom is 0.265 e. The molecule has 190 valence electrons. The van der Waals surface area contributed by atoms with Crippen LogP contribution in [0.1, 0.15) is 12.0 Å². The maximum absolute atomic E-state index is 13.5. The predicted molar refractivity (Wildman–Crippen MR) is 150 cm³/mol. The molecule has 1 saturated heterocycles. The van der Waals surface area contributed by atoms with E-state index in [4.69, 9.17) is 16.3 Å². The number of anilines is 2. The zero-order valence-corrected chi connectivity index (χ0v) is 21.5. The number of nitrogens with one attached hydrogen (secondary N) is 1. The number of nitrogens with zero attached hydrogens (tertiary/aromatic N) is 3. The van der Waals surface area contributed by atoms with Gasteiger partial charge in [0.15, 0.2) is 6.61 Å². The summed E-state index contributed by atoms with van der Waals surface area (Å²) in [5.74, 6) is 0.637. The van der Waals surface area contributed by atoms with Crippen molar-refractivity contribution in [2.24, 2.45) is 0 Å². The van der Waals surface area contributed by atoms with Gasteiger partial charge in [0.1, 0.15) is 5.75 Å². The monoisotopic (exact) mass is 514 g/mol. The highest BCUT2D eigenvalue weighted by Crippen LogP contribution is 2.32. The third-order valence-corrected chi connectivity index (χ3v) is 7.81. The molecule has 0 aliphatic carbocycles. The van der Waals surface area contributed by atoms with Gasteiger partial charge in [0.05, 0.1) is 6.04 Å². The molecule has 1 N–H and O–H groups in total. The molecule has 0 saturated carbocycles. The van der Waals surface area contributed by atoms with Crippen LogP contribution in [0.2, 0.25) is 5.02 Å². The summed E-state index contributed by atoms with van der Waals surface area (Å²) < 4.78 is 5.85. The van der Waals surface area contributed by atoms with Crippen LogP contribution in [-0.2, 0) is 11.2 Å². The molecule has 6 nitrogen and oxygen atoms in total. The van der Waals surface area contributed by atoms with Gasteiger partial charge >= 0.3 is 0 Å². The van der Waals surface area contributed by atoms with Gasteiger partial charge in [-0.3, -0.25) is 9.69 Å². The summed E-state index contributed by atoms with van der Waals surface area (Å²) in [6.45, 7) is 4.76. The van der Waals surface area contributed by atoms with Gasteiger partial charge in [0.25, 0.3) is 5.91 Å². The van der Waals surface area contributed by atoms with E-state index in [0.717, 1.165) is 51.3 Å². The molecule has 6 rings (SSSR count). The van der Waals surface area contributed by atoms with Crippen LogP contribution in [0.5, 0.6) is 5.75 Å². The van der Waals surface area contributed by atoms with E-state index >= 15 is 0 Å². The van der Waals surface area contributed by atoms with E-state index in [1.807, 2.05) is 17.2 Å². The van der Waals surface area contributed by atoms with E-state index in [9.17, 15) is 4.79 Å². The van der Waals surface area contributed by atoms with E-state index in [-0.39, 0.29) is 18.6 Å². The van der Waals surface area contributed by atoms with Crippen molar-refractivity contribution in [1.82, 2.24) is 9.88 Å². The van der Waals surface area contributed by atoms with Crippen molar-refractivity contribution in [3.8, 4) is 5.75 Å². The second-order valence-corrected chi connectivity index (χ2v) is 10.3. The van der Waals surface area contributed by atoms with Crippen LogP contribution < -0.4 is 14.5 Å². The minimum Gasteiger partial charge on any atom is -0.484 e. The van der Waals surface area contributed by atoms with Crippen LogP contribution in [0, 0.1) is 0 Å². The Morgan fingerprint density at radius 3 is 2.54 bits per heavy atom. The number of rotatable bonds is 6. The first kappa shape index (κ1) is 23.9. The smallest absolute Gasteiger partial charge is 0.265 e. The van der Waals surface area contributed by atoms with Crippen LogP contribution in [0.15, 0.2) is 79.0 Å². The molecule has 1 fully saturated rings. The molecular formula is C30H31ClN4O2. The number of carbonyl (C=O) groups is 1. The number of benzene rings is 3. The molecule has 37 heavy (non-hydrogen) atoms. The zero-order valence-electron chi connectivity index (χ0n) is 20.8. The lowest BCUT2D eigenvalue weighted by Gasteiger charge is -2.42. The number of para-hydroxylation sites is 1. The molecule has 3 aromatic carbocycles. The number of fused-ring (bicyclic) bond motifs is 2. The molecular weight excluding hydrogens is 484 g/mol. The summed E-state index contributed by atoms with van der Waals surface area (Å²) in [5.41, 5.74) is 4.71. The molecule has 7 heteroatoms. The highest BCUT2D eigenvalue weighted by Gasteiger charge is 2.33. The highest BCUT2D eigenvalue weighted by atomic mass is 35.5. The quantitative estimate of drug-likeness (QED) is 0.376. The molecule has 1 amide bonds. The fourth-order valence-electron chi connectivity index (χ4n) is 5.68. The second-order valence-electron chi connectivity index (χ2n) is 9.83. The largest absolute Gasteiger partial charge is 0.484 e. The average molecular weight is 515 g/mol. The van der Waals surface area contributed by atoms with E-state index in [1.54, 1.807) is 24.3 Å². The predicted octanol–water partition coefficient (Wildman–Crippen LogP) is 5.37. The number of aromatic amines is 1. The fourth-order valence-corrected chi connectivity index (χ4v) is 5.80. The molecule has 0 bridgehead atoms. The van der Waals surface area contributed by atoms with Crippen molar-refractivity contribution in [2.45, 2.75) is 18.9 Å². The van der Waals surface area contributed by atoms with Crippen molar-refractivity contribution < 1.29 is 9.53 Å². The van der Waals surface area contributed by atoms with Crippen molar-refractivity contribution in [3.63, 3.8) is 0 Å². The molecule has 1 aromatic heterocycles. The first-order chi connectivity index (χ1) is 18.2. The summed E-state index contributed by atoms with van der Waals surface area (Å²) in [4.78, 5) is 23.8. The number of hydrogen-bond donors (Lipinski definition) is 1. The number of amides is 1. The van der Waals surface area contributed by atoms with E-state index < -0.39 is 0 Å². The van der Waals surface area contributed by atoms with Crippen LogP contribution in [-0.4, -0.2) is 61.2 Å². The fraction of sp³-hybridized carbons (Fsp3) is 0.300. The van der Waals surface area contributed by atoms with E-state index in [1.165, 1.54) is 22.2 Å². The number of halogens is 1. The maximum atomic E-state index is 13.5. The summed E-state index contributed by atoms with van der Waals surface area (Å²) in [5, 5.41) is 1.92. The van der Waals surface area contributed by atoms with Crippen molar-refractivity contribution in [1.29, 1.82) is 0 Å². The number of carbonyl (C=O) groups excluding carboxylic acids is 1. The van der Waals surface area contributed by atoms with Gasteiger partial charge in [-0.05, 0) is 66.9 Å². The molecule has 4 aromatic rings. The second kappa shape index (κ2) is 10.5. The molecule has 0 radical (unpaired) electrons. The Morgan fingerprint density at radius 2 is 1.70 bits per heavy atom. The number of H-pyrrole nitrogens is 1. The number of ether oxygens (including phenoxy) is 1. The number of aromatic nitrogens is 1. The molecule has 1 atom stereocenters. The molecule has 0 spiro atoms. The SMILES string of the molecule is O=C(COc1ccc(Cl)cc1)N1c2ccccc2CCC1CN1CCN(c2cccc3[nH]ccc23)CC1.